The molecule has 0 spiro atoms. The molecule has 0 bridgehead atoms. The Hall–Kier alpha value is -0.0400. The van der Waals surface area contributed by atoms with Crippen molar-refractivity contribution >= 4 is 0 Å². The second kappa shape index (κ2) is 3.02. The Bertz CT molecular complexity index is 160. The monoisotopic (exact) mass is 167 g/mol. The number of nitrogens with zero attached hydrogens (tertiary/aromatic N) is 1. The summed E-state index contributed by atoms with van der Waals surface area (Å²) in [6, 6.07) is 0. The van der Waals surface area contributed by atoms with E-state index in [4.69, 9.17) is 0 Å². The van der Waals surface area contributed by atoms with E-state index in [1.165, 1.54) is 45.2 Å². The van der Waals surface area contributed by atoms with Gasteiger partial charge in [0, 0.05) is 5.54 Å². The molecule has 0 aromatic heterocycles. The highest BCUT2D eigenvalue weighted by atomic mass is 15.2. The van der Waals surface area contributed by atoms with Crippen molar-refractivity contribution in [1.82, 2.24) is 4.90 Å². The van der Waals surface area contributed by atoms with E-state index < -0.39 is 0 Å². The number of hydrogen-bond donors (Lipinski definition) is 0. The average molecular weight is 167 g/mol. The summed E-state index contributed by atoms with van der Waals surface area (Å²) < 4.78 is 0. The van der Waals surface area contributed by atoms with E-state index >= 15 is 0 Å². The molecule has 1 aliphatic carbocycles. The zero-order valence-electron chi connectivity index (χ0n) is 8.47. The molecule has 1 saturated carbocycles. The molecule has 0 aromatic carbocycles. The smallest absolute Gasteiger partial charge is 0.0206 e. The molecule has 1 heteroatoms. The average Bonchev–Trinajstić information content (AvgIpc) is 2.62. The van der Waals surface area contributed by atoms with Gasteiger partial charge in [0.15, 0.2) is 0 Å². The molecule has 70 valence electrons. The van der Waals surface area contributed by atoms with Gasteiger partial charge in [-0.1, -0.05) is 13.3 Å². The first-order valence-corrected chi connectivity index (χ1v) is 5.48. The topological polar surface area (TPSA) is 3.24 Å². The quantitative estimate of drug-likeness (QED) is 0.580. The minimum absolute atomic E-state index is 0.566. The molecule has 2 unspecified atom stereocenters. The van der Waals surface area contributed by atoms with Crippen LogP contribution in [0, 0.1) is 5.92 Å². The lowest BCUT2D eigenvalue weighted by Crippen LogP contribution is -2.46. The summed E-state index contributed by atoms with van der Waals surface area (Å²) in [7, 11) is 0. The molecule has 2 fully saturated rings. The summed E-state index contributed by atoms with van der Waals surface area (Å²) in [6.07, 6.45) is 7.21. The van der Waals surface area contributed by atoms with Crippen molar-refractivity contribution in [2.75, 3.05) is 13.1 Å². The van der Waals surface area contributed by atoms with Crippen LogP contribution in [0.4, 0.5) is 0 Å². The van der Waals surface area contributed by atoms with Gasteiger partial charge in [0.05, 0.1) is 0 Å². The normalized spacial score (nSPS) is 44.0. The molecule has 2 aliphatic rings. The van der Waals surface area contributed by atoms with Crippen molar-refractivity contribution in [2.45, 2.75) is 51.5 Å². The summed E-state index contributed by atoms with van der Waals surface area (Å²) in [5, 5.41) is 0. The van der Waals surface area contributed by atoms with Gasteiger partial charge in [-0.2, -0.15) is 0 Å². The molecule has 0 aromatic rings. The number of rotatable bonds is 1. The molecule has 1 aliphatic heterocycles. The highest BCUT2D eigenvalue weighted by Crippen LogP contribution is 2.41. The summed E-state index contributed by atoms with van der Waals surface area (Å²) in [4.78, 5) is 2.74. The Morgan fingerprint density at radius 1 is 1.17 bits per heavy atom. The van der Waals surface area contributed by atoms with Gasteiger partial charge < -0.3 is 0 Å². The van der Waals surface area contributed by atoms with Crippen molar-refractivity contribution in [3.8, 4) is 0 Å². The third-order valence-corrected chi connectivity index (χ3v) is 4.21. The molecule has 1 heterocycles. The maximum Gasteiger partial charge on any atom is 0.0206 e. The van der Waals surface area contributed by atoms with Crippen LogP contribution in [0.1, 0.15) is 46.0 Å². The second-order valence-electron chi connectivity index (χ2n) is 4.84. The lowest BCUT2D eigenvalue weighted by atomic mass is 9.89. The van der Waals surface area contributed by atoms with E-state index in [9.17, 15) is 0 Å². The molecule has 2 atom stereocenters. The summed E-state index contributed by atoms with van der Waals surface area (Å²) in [5.74, 6) is 0.926. The molecule has 0 N–H and O–H groups in total. The van der Waals surface area contributed by atoms with Gasteiger partial charge in [-0.05, 0) is 51.6 Å². The Kier molecular flexibility index (Phi) is 2.16. The van der Waals surface area contributed by atoms with Gasteiger partial charge in [0.2, 0.25) is 0 Å². The van der Waals surface area contributed by atoms with Gasteiger partial charge in [-0.25, -0.2) is 0 Å². The molecule has 0 amide bonds. The zero-order valence-corrected chi connectivity index (χ0v) is 8.47. The zero-order chi connectivity index (χ0) is 8.60. The highest BCUT2D eigenvalue weighted by Gasteiger charge is 2.41. The predicted molar refractivity (Wildman–Crippen MR) is 52.2 cm³/mol. The fraction of sp³-hybridized carbons (Fsp3) is 1.00. The van der Waals surface area contributed by atoms with Crippen LogP contribution in [0.5, 0.6) is 0 Å². The second-order valence-corrected chi connectivity index (χ2v) is 4.84. The maximum absolute atomic E-state index is 2.74. The number of likely N-dealkylation sites (tertiary alicyclic amines) is 1. The lowest BCUT2D eigenvalue weighted by Gasteiger charge is -2.39. The molecule has 0 radical (unpaired) electrons. The van der Waals surface area contributed by atoms with E-state index in [0.717, 1.165) is 5.92 Å². The Morgan fingerprint density at radius 3 is 2.33 bits per heavy atom. The van der Waals surface area contributed by atoms with Crippen molar-refractivity contribution in [1.29, 1.82) is 0 Å². The van der Waals surface area contributed by atoms with Crippen LogP contribution in [0.15, 0.2) is 0 Å². The Morgan fingerprint density at radius 2 is 1.83 bits per heavy atom. The van der Waals surface area contributed by atoms with Crippen LogP contribution in [0.25, 0.3) is 0 Å². The molecule has 1 saturated heterocycles. The Balaban J connectivity index is 2.07. The van der Waals surface area contributed by atoms with Crippen LogP contribution in [0.3, 0.4) is 0 Å². The van der Waals surface area contributed by atoms with Gasteiger partial charge in [0.25, 0.3) is 0 Å². The first kappa shape index (κ1) is 8.55. The Labute approximate surface area is 76.1 Å². The van der Waals surface area contributed by atoms with Gasteiger partial charge in [-0.15, -0.1) is 0 Å². The fourth-order valence-electron chi connectivity index (χ4n) is 3.02. The highest BCUT2D eigenvalue weighted by molar-refractivity contribution is 4.96. The van der Waals surface area contributed by atoms with Crippen molar-refractivity contribution < 1.29 is 0 Å². The summed E-state index contributed by atoms with van der Waals surface area (Å²) in [5.41, 5.74) is 0.566. The van der Waals surface area contributed by atoms with Crippen LogP contribution in [-0.2, 0) is 0 Å². The summed E-state index contributed by atoms with van der Waals surface area (Å²) in [6.45, 7) is 7.64. The molecular formula is C11H21N. The fourth-order valence-corrected chi connectivity index (χ4v) is 3.02. The van der Waals surface area contributed by atoms with Crippen molar-refractivity contribution in [2.24, 2.45) is 5.92 Å². The van der Waals surface area contributed by atoms with Gasteiger partial charge >= 0.3 is 0 Å². The molecule has 1 nitrogen and oxygen atoms in total. The van der Waals surface area contributed by atoms with Crippen LogP contribution in [0.2, 0.25) is 0 Å². The third-order valence-electron chi connectivity index (χ3n) is 4.21. The SMILES string of the molecule is CC1CCCC1(C)N1CCCC1. The van der Waals surface area contributed by atoms with E-state index in [1.807, 2.05) is 0 Å². The van der Waals surface area contributed by atoms with Crippen LogP contribution < -0.4 is 0 Å². The predicted octanol–water partition coefficient (Wildman–Crippen LogP) is 2.66. The molecular weight excluding hydrogens is 146 g/mol. The maximum atomic E-state index is 2.74. The van der Waals surface area contributed by atoms with Gasteiger partial charge in [0.1, 0.15) is 0 Å². The minimum Gasteiger partial charge on any atom is -0.298 e. The molecule has 12 heavy (non-hydrogen) atoms. The van der Waals surface area contributed by atoms with Crippen molar-refractivity contribution in [3.05, 3.63) is 0 Å². The number of hydrogen-bond acceptors (Lipinski definition) is 1. The van der Waals surface area contributed by atoms with Crippen LogP contribution >= 0.6 is 0 Å². The first-order chi connectivity index (χ1) is 5.73. The first-order valence-electron chi connectivity index (χ1n) is 5.48. The molecule has 2 rings (SSSR count). The largest absolute Gasteiger partial charge is 0.298 e. The lowest BCUT2D eigenvalue weighted by molar-refractivity contribution is 0.101. The van der Waals surface area contributed by atoms with Crippen molar-refractivity contribution in [3.63, 3.8) is 0 Å². The van der Waals surface area contributed by atoms with Crippen LogP contribution in [-0.4, -0.2) is 23.5 Å². The van der Waals surface area contributed by atoms with E-state index in [2.05, 4.69) is 18.7 Å². The third kappa shape index (κ3) is 1.19. The van der Waals surface area contributed by atoms with Gasteiger partial charge in [-0.3, -0.25) is 4.90 Å². The van der Waals surface area contributed by atoms with E-state index in [-0.39, 0.29) is 0 Å². The minimum atomic E-state index is 0.566. The standard InChI is InChI=1S/C11H21N/c1-10-6-5-7-11(10,2)12-8-3-4-9-12/h10H,3-9H2,1-2H3. The van der Waals surface area contributed by atoms with E-state index in [0.29, 0.717) is 5.54 Å². The van der Waals surface area contributed by atoms with E-state index in [1.54, 1.807) is 0 Å². The summed E-state index contributed by atoms with van der Waals surface area (Å²) >= 11 is 0.